The molecular weight excluding hydrogens is 240 g/mol. The van der Waals surface area contributed by atoms with Gasteiger partial charge in [0.1, 0.15) is 11.3 Å². The van der Waals surface area contributed by atoms with Crippen LogP contribution in [0.4, 0.5) is 0 Å². The van der Waals surface area contributed by atoms with Gasteiger partial charge in [-0.05, 0) is 32.4 Å². The second-order valence-corrected chi connectivity index (χ2v) is 5.01. The number of hydrogen-bond donors (Lipinski definition) is 2. The van der Waals surface area contributed by atoms with Gasteiger partial charge in [0, 0.05) is 10.9 Å². The van der Waals surface area contributed by atoms with E-state index in [1.807, 2.05) is 31.2 Å². The van der Waals surface area contributed by atoms with E-state index in [4.69, 9.17) is 4.42 Å². The summed E-state index contributed by atoms with van der Waals surface area (Å²) in [6, 6.07) is 7.90. The fraction of sp³-hybridized carbons (Fsp3) is 0.400. The number of benzene rings is 1. The molecule has 2 aromatic rings. The minimum Gasteiger partial charge on any atom is -0.459 e. The number of aryl methyl sites for hydroxylation is 1. The summed E-state index contributed by atoms with van der Waals surface area (Å²) in [5.74, 6) is 0.907. The predicted molar refractivity (Wildman–Crippen MR) is 73.8 cm³/mol. The predicted octanol–water partition coefficient (Wildman–Crippen LogP) is 2.11. The lowest BCUT2D eigenvalue weighted by molar-refractivity contribution is -0.123. The molecule has 1 fully saturated rings. The van der Waals surface area contributed by atoms with Gasteiger partial charge in [-0.2, -0.15) is 0 Å². The standard InChI is InChI=1S/C15H18N2O2/c1-10-11-5-2-3-7-13(11)19-14(10)9-17-15(18)12-6-4-8-16-12/h2-3,5,7,12,16H,4,6,8-9H2,1H3,(H,17,18). The number of rotatable bonds is 3. The second-order valence-electron chi connectivity index (χ2n) is 5.01. The highest BCUT2D eigenvalue weighted by Crippen LogP contribution is 2.24. The summed E-state index contributed by atoms with van der Waals surface area (Å²) in [4.78, 5) is 11.9. The lowest BCUT2D eigenvalue weighted by Gasteiger charge is -2.10. The number of nitrogens with one attached hydrogen (secondary N) is 2. The highest BCUT2D eigenvalue weighted by molar-refractivity contribution is 5.83. The van der Waals surface area contributed by atoms with Crippen LogP contribution in [0.5, 0.6) is 0 Å². The summed E-state index contributed by atoms with van der Waals surface area (Å²) < 4.78 is 5.78. The monoisotopic (exact) mass is 258 g/mol. The molecule has 1 aliphatic rings. The van der Waals surface area contributed by atoms with Crippen molar-refractivity contribution in [2.45, 2.75) is 32.4 Å². The van der Waals surface area contributed by atoms with Crippen molar-refractivity contribution in [2.75, 3.05) is 6.54 Å². The van der Waals surface area contributed by atoms with Crippen LogP contribution >= 0.6 is 0 Å². The summed E-state index contributed by atoms with van der Waals surface area (Å²) in [5, 5.41) is 7.26. The first kappa shape index (κ1) is 12.2. The maximum atomic E-state index is 11.9. The van der Waals surface area contributed by atoms with Crippen LogP contribution in [0.3, 0.4) is 0 Å². The summed E-state index contributed by atoms with van der Waals surface area (Å²) in [5.41, 5.74) is 1.98. The molecule has 0 bridgehead atoms. The molecule has 0 aliphatic carbocycles. The van der Waals surface area contributed by atoms with Crippen molar-refractivity contribution in [1.82, 2.24) is 10.6 Å². The SMILES string of the molecule is Cc1c(CNC(=O)C2CCCN2)oc2ccccc12. The number of para-hydroxylation sites is 1. The Hall–Kier alpha value is -1.81. The summed E-state index contributed by atoms with van der Waals surface area (Å²) in [6.07, 6.45) is 1.99. The zero-order valence-electron chi connectivity index (χ0n) is 11.0. The van der Waals surface area contributed by atoms with Crippen LogP contribution in [0.1, 0.15) is 24.2 Å². The van der Waals surface area contributed by atoms with Crippen molar-refractivity contribution < 1.29 is 9.21 Å². The van der Waals surface area contributed by atoms with Crippen molar-refractivity contribution in [3.63, 3.8) is 0 Å². The Balaban J connectivity index is 1.71. The van der Waals surface area contributed by atoms with Crippen LogP contribution in [0.25, 0.3) is 11.0 Å². The zero-order chi connectivity index (χ0) is 13.2. The van der Waals surface area contributed by atoms with Crippen LogP contribution in [0, 0.1) is 6.92 Å². The number of amides is 1. The van der Waals surface area contributed by atoms with E-state index in [1.54, 1.807) is 0 Å². The van der Waals surface area contributed by atoms with Crippen molar-refractivity contribution in [2.24, 2.45) is 0 Å². The Morgan fingerprint density at radius 3 is 3.05 bits per heavy atom. The van der Waals surface area contributed by atoms with Crippen LogP contribution < -0.4 is 10.6 Å². The Labute approximate surface area is 112 Å². The lowest BCUT2D eigenvalue weighted by Crippen LogP contribution is -2.40. The number of carbonyl (C=O) groups is 1. The van der Waals surface area contributed by atoms with E-state index >= 15 is 0 Å². The quantitative estimate of drug-likeness (QED) is 0.886. The minimum absolute atomic E-state index is 0.0373. The van der Waals surface area contributed by atoms with Gasteiger partial charge in [-0.25, -0.2) is 0 Å². The van der Waals surface area contributed by atoms with Gasteiger partial charge in [0.15, 0.2) is 0 Å². The average molecular weight is 258 g/mol. The van der Waals surface area contributed by atoms with E-state index in [1.165, 1.54) is 0 Å². The van der Waals surface area contributed by atoms with E-state index in [2.05, 4.69) is 10.6 Å². The minimum atomic E-state index is -0.0373. The van der Waals surface area contributed by atoms with Gasteiger partial charge in [-0.15, -0.1) is 0 Å². The van der Waals surface area contributed by atoms with Gasteiger partial charge in [0.2, 0.25) is 5.91 Å². The molecule has 1 aromatic heterocycles. The maximum Gasteiger partial charge on any atom is 0.237 e. The van der Waals surface area contributed by atoms with Crippen molar-refractivity contribution >= 4 is 16.9 Å². The van der Waals surface area contributed by atoms with Crippen molar-refractivity contribution in [1.29, 1.82) is 0 Å². The Morgan fingerprint density at radius 2 is 2.32 bits per heavy atom. The van der Waals surface area contributed by atoms with Gasteiger partial charge in [-0.1, -0.05) is 18.2 Å². The van der Waals surface area contributed by atoms with Crippen LogP contribution in [-0.4, -0.2) is 18.5 Å². The van der Waals surface area contributed by atoms with Gasteiger partial charge in [0.25, 0.3) is 0 Å². The zero-order valence-corrected chi connectivity index (χ0v) is 11.0. The fourth-order valence-corrected chi connectivity index (χ4v) is 2.59. The molecule has 19 heavy (non-hydrogen) atoms. The molecule has 0 radical (unpaired) electrons. The summed E-state index contributed by atoms with van der Waals surface area (Å²) >= 11 is 0. The molecule has 2 heterocycles. The van der Waals surface area contributed by atoms with Gasteiger partial charge in [0.05, 0.1) is 12.6 Å². The van der Waals surface area contributed by atoms with Crippen LogP contribution in [0.15, 0.2) is 28.7 Å². The molecule has 1 saturated heterocycles. The first-order chi connectivity index (χ1) is 9.25. The first-order valence-electron chi connectivity index (χ1n) is 6.74. The van der Waals surface area contributed by atoms with E-state index in [0.717, 1.165) is 41.7 Å². The molecule has 4 nitrogen and oxygen atoms in total. The normalized spacial score (nSPS) is 18.9. The fourth-order valence-electron chi connectivity index (χ4n) is 2.59. The van der Waals surface area contributed by atoms with Crippen LogP contribution in [-0.2, 0) is 11.3 Å². The molecule has 100 valence electrons. The number of hydrogen-bond acceptors (Lipinski definition) is 3. The Morgan fingerprint density at radius 1 is 1.47 bits per heavy atom. The van der Waals surface area contributed by atoms with Gasteiger partial charge < -0.3 is 15.1 Å². The van der Waals surface area contributed by atoms with Crippen molar-refractivity contribution in [3.8, 4) is 0 Å². The number of fused-ring (bicyclic) bond motifs is 1. The molecule has 3 rings (SSSR count). The number of carbonyl (C=O) groups excluding carboxylic acids is 1. The molecular formula is C15H18N2O2. The third kappa shape index (κ3) is 2.36. The highest BCUT2D eigenvalue weighted by atomic mass is 16.3. The van der Waals surface area contributed by atoms with Crippen LogP contribution in [0.2, 0.25) is 0 Å². The molecule has 1 amide bonds. The maximum absolute atomic E-state index is 11.9. The Kier molecular flexibility index (Phi) is 3.25. The molecule has 2 N–H and O–H groups in total. The largest absolute Gasteiger partial charge is 0.459 e. The Bertz CT molecular complexity index is 597. The van der Waals surface area contributed by atoms with Crippen molar-refractivity contribution in [3.05, 3.63) is 35.6 Å². The average Bonchev–Trinajstić information content (AvgIpc) is 3.05. The molecule has 1 unspecified atom stereocenters. The molecule has 0 spiro atoms. The second kappa shape index (κ2) is 5.05. The summed E-state index contributed by atoms with van der Waals surface area (Å²) in [7, 11) is 0. The van der Waals surface area contributed by atoms with Gasteiger partial charge in [-0.3, -0.25) is 4.79 Å². The third-order valence-corrected chi connectivity index (χ3v) is 3.74. The first-order valence-corrected chi connectivity index (χ1v) is 6.74. The van der Waals surface area contributed by atoms with E-state index in [0.29, 0.717) is 6.54 Å². The topological polar surface area (TPSA) is 54.3 Å². The lowest BCUT2D eigenvalue weighted by atomic mass is 10.1. The highest BCUT2D eigenvalue weighted by Gasteiger charge is 2.22. The van der Waals surface area contributed by atoms with E-state index in [9.17, 15) is 4.79 Å². The smallest absolute Gasteiger partial charge is 0.237 e. The summed E-state index contributed by atoms with van der Waals surface area (Å²) in [6.45, 7) is 3.42. The molecule has 4 heteroatoms. The number of furan rings is 1. The molecule has 1 aromatic carbocycles. The molecule has 0 saturated carbocycles. The third-order valence-electron chi connectivity index (χ3n) is 3.74. The van der Waals surface area contributed by atoms with E-state index in [-0.39, 0.29) is 11.9 Å². The molecule has 1 atom stereocenters. The van der Waals surface area contributed by atoms with E-state index < -0.39 is 0 Å². The van der Waals surface area contributed by atoms with Gasteiger partial charge >= 0.3 is 0 Å². The molecule has 1 aliphatic heterocycles.